The molecule has 108 valence electrons. The highest BCUT2D eigenvalue weighted by molar-refractivity contribution is 7.12. The highest BCUT2D eigenvalue weighted by Crippen LogP contribution is 2.17. The van der Waals surface area contributed by atoms with Gasteiger partial charge in [-0.15, -0.1) is 11.3 Å². The highest BCUT2D eigenvalue weighted by Gasteiger charge is 2.07. The summed E-state index contributed by atoms with van der Waals surface area (Å²) in [5.74, 6) is -1.41. The molecule has 3 N–H and O–H groups in total. The molecule has 21 heavy (non-hydrogen) atoms. The molecule has 0 spiro atoms. The van der Waals surface area contributed by atoms with Gasteiger partial charge in [0.15, 0.2) is 0 Å². The highest BCUT2D eigenvalue weighted by atomic mass is 32.1. The molecule has 2 aromatic heterocycles. The van der Waals surface area contributed by atoms with Gasteiger partial charge in [0.2, 0.25) is 0 Å². The first-order valence-electron chi connectivity index (χ1n) is 5.88. The first kappa shape index (κ1) is 14.7. The molecule has 2 heterocycles. The van der Waals surface area contributed by atoms with E-state index in [4.69, 9.17) is 5.11 Å². The van der Waals surface area contributed by atoms with Gasteiger partial charge in [0, 0.05) is 21.9 Å². The average Bonchev–Trinajstić information content (AvgIpc) is 2.91. The van der Waals surface area contributed by atoms with E-state index >= 15 is 0 Å². The van der Waals surface area contributed by atoms with Gasteiger partial charge in [-0.05, 0) is 24.3 Å². The molecular formula is C13H11N3O4S. The molecule has 0 atom stereocenters. The lowest BCUT2D eigenvalue weighted by atomic mass is 10.3. The number of H-pyrrole nitrogens is 1. The van der Waals surface area contributed by atoms with E-state index in [2.05, 4.69) is 15.5 Å². The van der Waals surface area contributed by atoms with Gasteiger partial charge in [-0.25, -0.2) is 9.89 Å². The number of carbonyl (C=O) groups is 2. The zero-order valence-electron chi connectivity index (χ0n) is 10.7. The van der Waals surface area contributed by atoms with Crippen LogP contribution in [-0.4, -0.2) is 27.2 Å². The normalized spacial score (nSPS) is 10.7. The molecule has 0 aliphatic rings. The lowest BCUT2D eigenvalue weighted by Gasteiger charge is -2.01. The van der Waals surface area contributed by atoms with Gasteiger partial charge in [0.25, 0.3) is 11.5 Å². The maximum Gasteiger partial charge on any atom is 0.328 e. The van der Waals surface area contributed by atoms with Gasteiger partial charge in [-0.3, -0.25) is 9.59 Å². The van der Waals surface area contributed by atoms with Crippen LogP contribution in [0.2, 0.25) is 0 Å². The Morgan fingerprint density at radius 1 is 1.33 bits per heavy atom. The predicted octanol–water partition coefficient (Wildman–Crippen LogP) is 0.859. The van der Waals surface area contributed by atoms with Crippen LogP contribution in [0, 0.1) is 0 Å². The molecule has 1 amide bonds. The molecule has 2 aromatic rings. The number of nitrogens with zero attached hydrogens (tertiary/aromatic N) is 1. The van der Waals surface area contributed by atoms with Gasteiger partial charge in [0.05, 0.1) is 6.54 Å². The van der Waals surface area contributed by atoms with E-state index < -0.39 is 11.9 Å². The Balaban J connectivity index is 1.94. The van der Waals surface area contributed by atoms with Crippen LogP contribution < -0.4 is 10.9 Å². The average molecular weight is 305 g/mol. The summed E-state index contributed by atoms with van der Waals surface area (Å²) in [7, 11) is 0. The summed E-state index contributed by atoms with van der Waals surface area (Å²) >= 11 is 1.37. The number of nitrogens with one attached hydrogen (secondary N) is 2. The van der Waals surface area contributed by atoms with Crippen molar-refractivity contribution < 1.29 is 14.7 Å². The first-order valence-corrected chi connectivity index (χ1v) is 6.70. The van der Waals surface area contributed by atoms with E-state index in [0.29, 0.717) is 6.54 Å². The quantitative estimate of drug-likeness (QED) is 0.709. The second-order valence-electron chi connectivity index (χ2n) is 3.96. The molecular weight excluding hydrogens is 294 g/mol. The molecule has 0 fully saturated rings. The van der Waals surface area contributed by atoms with Crippen LogP contribution in [0.4, 0.5) is 0 Å². The molecule has 0 radical (unpaired) electrons. The van der Waals surface area contributed by atoms with E-state index in [0.717, 1.165) is 15.8 Å². The number of carbonyl (C=O) groups excluding carboxylic acids is 1. The second-order valence-corrected chi connectivity index (χ2v) is 5.16. The number of rotatable bonds is 5. The van der Waals surface area contributed by atoms with Crippen molar-refractivity contribution in [3.05, 3.63) is 56.1 Å². The van der Waals surface area contributed by atoms with Crippen molar-refractivity contribution in [2.45, 2.75) is 6.54 Å². The third kappa shape index (κ3) is 4.39. The Morgan fingerprint density at radius 3 is 2.81 bits per heavy atom. The van der Waals surface area contributed by atoms with Crippen molar-refractivity contribution in [3.63, 3.8) is 0 Å². The summed E-state index contributed by atoms with van der Waals surface area (Å²) in [5.41, 5.74) is -0.253. The van der Waals surface area contributed by atoms with Gasteiger partial charge >= 0.3 is 5.97 Å². The summed E-state index contributed by atoms with van der Waals surface area (Å²) < 4.78 is 0. The fourth-order valence-corrected chi connectivity index (χ4v) is 2.32. The molecule has 7 nitrogen and oxygen atoms in total. The zero-order valence-corrected chi connectivity index (χ0v) is 11.5. The molecule has 0 aliphatic heterocycles. The maximum absolute atomic E-state index is 11.8. The fraction of sp³-hybridized carbons (Fsp3) is 0.0769. The van der Waals surface area contributed by atoms with E-state index in [-0.39, 0.29) is 11.3 Å². The van der Waals surface area contributed by atoms with Crippen LogP contribution >= 0.6 is 11.3 Å². The molecule has 0 saturated carbocycles. The summed E-state index contributed by atoms with van der Waals surface area (Å²) in [4.78, 5) is 34.7. The topological polar surface area (TPSA) is 112 Å². The van der Waals surface area contributed by atoms with Crippen LogP contribution in [0.1, 0.15) is 20.2 Å². The van der Waals surface area contributed by atoms with E-state index in [1.807, 2.05) is 0 Å². The first-order chi connectivity index (χ1) is 10.0. The predicted molar refractivity (Wildman–Crippen MR) is 77.0 cm³/mol. The molecule has 8 heteroatoms. The van der Waals surface area contributed by atoms with Crippen molar-refractivity contribution in [3.8, 4) is 0 Å². The number of aliphatic carboxylic acids is 1. The molecule has 0 aromatic carbocycles. The SMILES string of the molecule is O=C(O)/C=C/c1ccc(CNC(=O)c2ccc(=O)[nH]n2)s1. The van der Waals surface area contributed by atoms with Crippen molar-refractivity contribution in [2.75, 3.05) is 0 Å². The number of hydrogen-bond donors (Lipinski definition) is 3. The Bertz CT molecular complexity index is 727. The number of carboxylic acids is 1. The van der Waals surface area contributed by atoms with Crippen LogP contribution in [-0.2, 0) is 11.3 Å². The third-order valence-corrected chi connectivity index (χ3v) is 3.46. The molecule has 0 saturated heterocycles. The minimum Gasteiger partial charge on any atom is -0.478 e. The van der Waals surface area contributed by atoms with Gasteiger partial charge in [0.1, 0.15) is 5.69 Å². The van der Waals surface area contributed by atoms with Gasteiger partial charge in [-0.1, -0.05) is 0 Å². The fourth-order valence-electron chi connectivity index (χ4n) is 1.46. The lowest BCUT2D eigenvalue weighted by Crippen LogP contribution is -2.24. The van der Waals surface area contributed by atoms with Crippen LogP contribution in [0.25, 0.3) is 6.08 Å². The summed E-state index contributed by atoms with van der Waals surface area (Å²) in [6.45, 7) is 0.297. The van der Waals surface area contributed by atoms with Crippen molar-refractivity contribution in [1.82, 2.24) is 15.5 Å². The minimum atomic E-state index is -1.01. The van der Waals surface area contributed by atoms with Crippen molar-refractivity contribution in [2.24, 2.45) is 0 Å². The second kappa shape index (κ2) is 6.62. The van der Waals surface area contributed by atoms with Crippen LogP contribution in [0.3, 0.4) is 0 Å². The number of thiophene rings is 1. The number of amides is 1. The maximum atomic E-state index is 11.8. The number of carboxylic acid groups (broad SMARTS) is 1. The summed E-state index contributed by atoms with van der Waals surface area (Å²) in [6.07, 6.45) is 2.54. The lowest BCUT2D eigenvalue weighted by molar-refractivity contribution is -0.131. The Labute approximate surface area is 123 Å². The van der Waals surface area contributed by atoms with E-state index in [1.165, 1.54) is 29.5 Å². The zero-order chi connectivity index (χ0) is 15.2. The molecule has 0 bridgehead atoms. The van der Waals surface area contributed by atoms with Crippen LogP contribution in [0.5, 0.6) is 0 Å². The van der Waals surface area contributed by atoms with Crippen molar-refractivity contribution >= 4 is 29.3 Å². The van der Waals surface area contributed by atoms with Crippen molar-refractivity contribution in [1.29, 1.82) is 0 Å². The van der Waals surface area contributed by atoms with Crippen LogP contribution in [0.15, 0.2) is 35.1 Å². The van der Waals surface area contributed by atoms with E-state index in [1.54, 1.807) is 12.1 Å². The van der Waals surface area contributed by atoms with Gasteiger partial charge in [-0.2, -0.15) is 5.10 Å². The summed E-state index contributed by atoms with van der Waals surface area (Å²) in [5, 5.41) is 17.0. The molecule has 2 rings (SSSR count). The Morgan fingerprint density at radius 2 is 2.14 bits per heavy atom. The minimum absolute atomic E-state index is 0.122. The molecule has 0 aliphatic carbocycles. The Kier molecular flexibility index (Phi) is 4.62. The Hall–Kier alpha value is -2.74. The third-order valence-electron chi connectivity index (χ3n) is 2.41. The summed E-state index contributed by atoms with van der Waals surface area (Å²) in [6, 6.07) is 6.13. The largest absolute Gasteiger partial charge is 0.478 e. The smallest absolute Gasteiger partial charge is 0.328 e. The standard InChI is InChI=1S/C13H11N3O4S/c17-11-5-4-10(15-16-11)13(20)14-7-9-2-1-8(21-9)3-6-12(18)19/h1-6H,7H2,(H,14,20)(H,16,17)(H,18,19)/b6-3+. The number of aromatic amines is 1. The van der Waals surface area contributed by atoms with E-state index in [9.17, 15) is 14.4 Å². The monoisotopic (exact) mass is 305 g/mol. The molecule has 0 unspecified atom stereocenters. The number of aromatic nitrogens is 2. The number of hydrogen-bond acceptors (Lipinski definition) is 5. The van der Waals surface area contributed by atoms with Gasteiger partial charge < -0.3 is 10.4 Å².